The first-order chi connectivity index (χ1) is 11.1. The standard InChI is InChI=1S/C18H29N3O2/c1-5-22-16-8-7-15(11-14(16)2)12-20-17(19-4)21-13-18(3)9-6-10-23-18/h7-8,11H,5-6,9-10,12-13H2,1-4H3,(H2,19,20,21). The van der Waals surface area contributed by atoms with Crippen molar-refractivity contribution in [3.05, 3.63) is 29.3 Å². The van der Waals surface area contributed by atoms with Gasteiger partial charge in [-0.2, -0.15) is 0 Å². The Bertz CT molecular complexity index is 537. The minimum absolute atomic E-state index is 0.0760. The Morgan fingerprint density at radius 2 is 2.22 bits per heavy atom. The quantitative estimate of drug-likeness (QED) is 0.625. The zero-order valence-electron chi connectivity index (χ0n) is 14.7. The molecule has 1 aromatic carbocycles. The summed E-state index contributed by atoms with van der Waals surface area (Å²) in [5.41, 5.74) is 2.28. The summed E-state index contributed by atoms with van der Waals surface area (Å²) in [5.74, 6) is 1.75. The van der Waals surface area contributed by atoms with Gasteiger partial charge in [0.1, 0.15) is 5.75 Å². The van der Waals surface area contributed by atoms with Gasteiger partial charge in [0.05, 0.1) is 12.2 Å². The third-order valence-electron chi connectivity index (χ3n) is 4.15. The van der Waals surface area contributed by atoms with Crippen LogP contribution < -0.4 is 15.4 Å². The van der Waals surface area contributed by atoms with Gasteiger partial charge >= 0.3 is 0 Å². The van der Waals surface area contributed by atoms with Crippen LogP contribution in [0.2, 0.25) is 0 Å². The maximum atomic E-state index is 5.79. The van der Waals surface area contributed by atoms with Gasteiger partial charge in [0.25, 0.3) is 0 Å². The van der Waals surface area contributed by atoms with E-state index in [2.05, 4.69) is 41.6 Å². The molecule has 128 valence electrons. The van der Waals surface area contributed by atoms with Gasteiger partial charge in [-0.15, -0.1) is 0 Å². The van der Waals surface area contributed by atoms with Crippen molar-refractivity contribution >= 4 is 5.96 Å². The van der Waals surface area contributed by atoms with E-state index in [1.807, 2.05) is 13.0 Å². The van der Waals surface area contributed by atoms with E-state index in [4.69, 9.17) is 9.47 Å². The number of aliphatic imine (C=N–C) groups is 1. The number of hydrogen-bond acceptors (Lipinski definition) is 3. The van der Waals surface area contributed by atoms with E-state index in [1.165, 1.54) is 5.56 Å². The van der Waals surface area contributed by atoms with Crippen LogP contribution in [0.25, 0.3) is 0 Å². The highest BCUT2D eigenvalue weighted by atomic mass is 16.5. The number of benzene rings is 1. The molecule has 1 unspecified atom stereocenters. The Kier molecular flexibility index (Phi) is 6.28. The summed E-state index contributed by atoms with van der Waals surface area (Å²) in [5, 5.41) is 6.71. The van der Waals surface area contributed by atoms with Crippen molar-refractivity contribution in [3.8, 4) is 5.75 Å². The zero-order chi connectivity index (χ0) is 16.7. The minimum Gasteiger partial charge on any atom is -0.494 e. The molecular weight excluding hydrogens is 290 g/mol. The normalized spacial score (nSPS) is 21.3. The fourth-order valence-corrected chi connectivity index (χ4v) is 2.79. The fourth-order valence-electron chi connectivity index (χ4n) is 2.79. The molecule has 1 aliphatic heterocycles. The van der Waals surface area contributed by atoms with Gasteiger partial charge in [0.15, 0.2) is 5.96 Å². The van der Waals surface area contributed by atoms with E-state index in [0.717, 1.165) is 49.8 Å². The van der Waals surface area contributed by atoms with Crippen LogP contribution in [0.15, 0.2) is 23.2 Å². The molecule has 1 atom stereocenters. The fraction of sp³-hybridized carbons (Fsp3) is 0.611. The SMILES string of the molecule is CCOc1ccc(CNC(=NC)NCC2(C)CCCO2)cc1C. The highest BCUT2D eigenvalue weighted by Crippen LogP contribution is 2.23. The Morgan fingerprint density at radius 1 is 1.39 bits per heavy atom. The van der Waals surface area contributed by atoms with Crippen LogP contribution in [0, 0.1) is 6.92 Å². The summed E-state index contributed by atoms with van der Waals surface area (Å²) >= 11 is 0. The Balaban J connectivity index is 1.84. The third kappa shape index (κ3) is 5.13. The molecule has 0 spiro atoms. The van der Waals surface area contributed by atoms with E-state index in [9.17, 15) is 0 Å². The van der Waals surface area contributed by atoms with Crippen molar-refractivity contribution in [3.63, 3.8) is 0 Å². The molecule has 1 heterocycles. The van der Waals surface area contributed by atoms with Crippen LogP contribution >= 0.6 is 0 Å². The second-order valence-corrected chi connectivity index (χ2v) is 6.21. The third-order valence-corrected chi connectivity index (χ3v) is 4.15. The van der Waals surface area contributed by atoms with Crippen LogP contribution in [-0.4, -0.2) is 38.4 Å². The summed E-state index contributed by atoms with van der Waals surface area (Å²) in [6.07, 6.45) is 2.23. The van der Waals surface area contributed by atoms with E-state index >= 15 is 0 Å². The molecule has 0 radical (unpaired) electrons. The number of ether oxygens (including phenoxy) is 2. The Labute approximate surface area is 139 Å². The highest BCUT2D eigenvalue weighted by Gasteiger charge is 2.29. The molecule has 1 aromatic rings. The van der Waals surface area contributed by atoms with Crippen molar-refractivity contribution < 1.29 is 9.47 Å². The lowest BCUT2D eigenvalue weighted by Gasteiger charge is -2.24. The molecule has 5 nitrogen and oxygen atoms in total. The second kappa shape index (κ2) is 8.20. The average Bonchev–Trinajstić information content (AvgIpc) is 2.97. The number of nitrogens with one attached hydrogen (secondary N) is 2. The topological polar surface area (TPSA) is 54.9 Å². The van der Waals surface area contributed by atoms with E-state index in [0.29, 0.717) is 6.61 Å². The molecule has 1 aliphatic rings. The van der Waals surface area contributed by atoms with Crippen LogP contribution in [0.5, 0.6) is 5.75 Å². The lowest BCUT2D eigenvalue weighted by molar-refractivity contribution is 0.0243. The minimum atomic E-state index is -0.0760. The van der Waals surface area contributed by atoms with Crippen LogP contribution in [0.4, 0.5) is 0 Å². The first-order valence-electron chi connectivity index (χ1n) is 8.37. The van der Waals surface area contributed by atoms with E-state index in [1.54, 1.807) is 7.05 Å². The number of aryl methyl sites for hydroxylation is 1. The van der Waals surface area contributed by atoms with Crippen molar-refractivity contribution in [1.29, 1.82) is 0 Å². The largest absolute Gasteiger partial charge is 0.494 e. The smallest absolute Gasteiger partial charge is 0.191 e. The van der Waals surface area contributed by atoms with Crippen LogP contribution in [0.3, 0.4) is 0 Å². The maximum Gasteiger partial charge on any atom is 0.191 e. The molecule has 2 N–H and O–H groups in total. The summed E-state index contributed by atoms with van der Waals surface area (Å²) < 4.78 is 11.4. The summed E-state index contributed by atoms with van der Waals surface area (Å²) in [6.45, 7) is 9.26. The summed E-state index contributed by atoms with van der Waals surface area (Å²) in [6, 6.07) is 6.26. The molecule has 5 heteroatoms. The van der Waals surface area contributed by atoms with Gasteiger partial charge in [0, 0.05) is 26.7 Å². The number of hydrogen-bond donors (Lipinski definition) is 2. The van der Waals surface area contributed by atoms with E-state index < -0.39 is 0 Å². The predicted molar refractivity (Wildman–Crippen MR) is 94.1 cm³/mol. The molecular formula is C18H29N3O2. The molecule has 0 amide bonds. The van der Waals surface area contributed by atoms with Crippen LogP contribution in [0.1, 0.15) is 37.8 Å². The molecule has 1 fully saturated rings. The lowest BCUT2D eigenvalue weighted by atomic mass is 10.0. The molecule has 0 saturated carbocycles. The van der Waals surface area contributed by atoms with Gasteiger partial charge in [0.2, 0.25) is 0 Å². The van der Waals surface area contributed by atoms with Crippen molar-refractivity contribution in [2.45, 2.75) is 45.8 Å². The van der Waals surface area contributed by atoms with Gasteiger partial charge in [-0.1, -0.05) is 12.1 Å². The number of rotatable bonds is 6. The average molecular weight is 319 g/mol. The predicted octanol–water partition coefficient (Wildman–Crippen LogP) is 2.63. The first kappa shape index (κ1) is 17.6. The van der Waals surface area contributed by atoms with Gasteiger partial charge in [-0.3, -0.25) is 4.99 Å². The van der Waals surface area contributed by atoms with Gasteiger partial charge < -0.3 is 20.1 Å². The highest BCUT2D eigenvalue weighted by molar-refractivity contribution is 5.79. The Morgan fingerprint density at radius 3 is 2.83 bits per heavy atom. The summed E-state index contributed by atoms with van der Waals surface area (Å²) in [7, 11) is 1.79. The summed E-state index contributed by atoms with van der Waals surface area (Å²) in [4.78, 5) is 4.28. The molecule has 2 rings (SSSR count). The second-order valence-electron chi connectivity index (χ2n) is 6.21. The van der Waals surface area contributed by atoms with Crippen LogP contribution in [-0.2, 0) is 11.3 Å². The maximum absolute atomic E-state index is 5.79. The monoisotopic (exact) mass is 319 g/mol. The van der Waals surface area contributed by atoms with Crippen molar-refractivity contribution in [2.24, 2.45) is 4.99 Å². The molecule has 0 aliphatic carbocycles. The zero-order valence-corrected chi connectivity index (χ0v) is 14.7. The lowest BCUT2D eigenvalue weighted by Crippen LogP contribution is -2.45. The van der Waals surface area contributed by atoms with Crippen molar-refractivity contribution in [1.82, 2.24) is 10.6 Å². The first-order valence-corrected chi connectivity index (χ1v) is 8.37. The van der Waals surface area contributed by atoms with Gasteiger partial charge in [-0.25, -0.2) is 0 Å². The molecule has 23 heavy (non-hydrogen) atoms. The van der Waals surface area contributed by atoms with Crippen molar-refractivity contribution in [2.75, 3.05) is 26.8 Å². The molecule has 0 aromatic heterocycles. The van der Waals surface area contributed by atoms with E-state index in [-0.39, 0.29) is 5.60 Å². The molecule has 0 bridgehead atoms. The number of guanidine groups is 1. The Hall–Kier alpha value is -1.75. The molecule has 1 saturated heterocycles. The van der Waals surface area contributed by atoms with Gasteiger partial charge in [-0.05, 0) is 50.8 Å². The number of nitrogens with zero attached hydrogens (tertiary/aromatic N) is 1.